The Balaban J connectivity index is 2.00. The van der Waals surface area contributed by atoms with Gasteiger partial charge < -0.3 is 14.6 Å². The number of likely N-dealkylation sites (N-methyl/N-ethyl adjacent to an activating group) is 1. The summed E-state index contributed by atoms with van der Waals surface area (Å²) in [6, 6.07) is 7.91. The molecule has 1 N–H and O–H groups in total. The van der Waals surface area contributed by atoms with Crippen molar-refractivity contribution < 1.29 is 9.53 Å². The molecule has 0 fully saturated rings. The Morgan fingerprint density at radius 2 is 2.13 bits per heavy atom. The van der Waals surface area contributed by atoms with Crippen molar-refractivity contribution in [3.05, 3.63) is 48.0 Å². The quantitative estimate of drug-likeness (QED) is 0.922. The van der Waals surface area contributed by atoms with Crippen LogP contribution in [0.3, 0.4) is 0 Å². The molecule has 2 aromatic rings. The number of aromatic nitrogens is 2. The van der Waals surface area contributed by atoms with Gasteiger partial charge in [0, 0.05) is 13.2 Å². The number of rotatable bonds is 5. The predicted molar refractivity (Wildman–Crippen MR) is 90.3 cm³/mol. The molecule has 2 rings (SSSR count). The average Bonchev–Trinajstić information content (AvgIpc) is 2.98. The molecule has 0 aliphatic rings. The van der Waals surface area contributed by atoms with Crippen LogP contribution < -0.4 is 4.74 Å². The first kappa shape index (κ1) is 17.1. The van der Waals surface area contributed by atoms with Gasteiger partial charge in [0.1, 0.15) is 5.75 Å². The third-order valence-electron chi connectivity index (χ3n) is 3.70. The lowest BCUT2D eigenvalue weighted by Crippen LogP contribution is -2.37. The molecular weight excluding hydrogens is 290 g/mol. The van der Waals surface area contributed by atoms with E-state index < -0.39 is 6.10 Å². The van der Waals surface area contributed by atoms with Gasteiger partial charge in [-0.3, -0.25) is 4.79 Å². The molecule has 1 unspecified atom stereocenters. The van der Waals surface area contributed by atoms with Gasteiger partial charge in [-0.25, -0.2) is 4.98 Å². The van der Waals surface area contributed by atoms with Crippen LogP contribution in [0.2, 0.25) is 0 Å². The van der Waals surface area contributed by atoms with Crippen LogP contribution in [0.5, 0.6) is 5.75 Å². The Bertz CT molecular complexity index is 645. The standard InChI is InChI=1S/C18H25N3O2/c1-13(17(22)21(5)11-15-10-19-12-20-15)23-16-8-6-7-14(9-16)18(2,3)4/h6-10,12-13H,11H2,1-5H3,(H,19,20). The second-order valence-corrected chi connectivity index (χ2v) is 6.81. The van der Waals surface area contributed by atoms with Gasteiger partial charge in [0.05, 0.1) is 18.6 Å². The highest BCUT2D eigenvalue weighted by molar-refractivity contribution is 5.80. The van der Waals surface area contributed by atoms with E-state index in [1.165, 1.54) is 5.56 Å². The Morgan fingerprint density at radius 3 is 2.74 bits per heavy atom. The SMILES string of the molecule is CC(Oc1cccc(C(C)(C)C)c1)C(=O)N(C)Cc1cnc[nH]1. The number of carbonyl (C=O) groups is 1. The largest absolute Gasteiger partial charge is 0.481 e. The summed E-state index contributed by atoms with van der Waals surface area (Å²) < 4.78 is 5.84. The van der Waals surface area contributed by atoms with E-state index in [1.54, 1.807) is 31.4 Å². The summed E-state index contributed by atoms with van der Waals surface area (Å²) in [6.07, 6.45) is 2.77. The van der Waals surface area contributed by atoms with Crippen LogP contribution in [0.4, 0.5) is 0 Å². The number of aromatic amines is 1. The summed E-state index contributed by atoms with van der Waals surface area (Å²) in [4.78, 5) is 21.0. The van der Waals surface area contributed by atoms with Gasteiger partial charge in [0.15, 0.2) is 6.10 Å². The Kier molecular flexibility index (Phi) is 5.08. The highest BCUT2D eigenvalue weighted by Gasteiger charge is 2.21. The minimum Gasteiger partial charge on any atom is -0.481 e. The van der Waals surface area contributed by atoms with Gasteiger partial charge >= 0.3 is 0 Å². The van der Waals surface area contributed by atoms with Gasteiger partial charge in [0.2, 0.25) is 0 Å². The fraction of sp³-hybridized carbons (Fsp3) is 0.444. The number of amides is 1. The Hall–Kier alpha value is -2.30. The van der Waals surface area contributed by atoms with Crippen LogP contribution in [0.1, 0.15) is 39.0 Å². The first-order chi connectivity index (χ1) is 10.8. The minimum absolute atomic E-state index is 0.0457. The van der Waals surface area contributed by atoms with E-state index in [0.717, 1.165) is 5.69 Å². The summed E-state index contributed by atoms with van der Waals surface area (Å²) in [5.41, 5.74) is 2.12. The number of imidazole rings is 1. The zero-order valence-corrected chi connectivity index (χ0v) is 14.5. The molecule has 5 nitrogen and oxygen atoms in total. The van der Waals surface area contributed by atoms with E-state index in [2.05, 4.69) is 36.8 Å². The highest BCUT2D eigenvalue weighted by Crippen LogP contribution is 2.26. The molecule has 0 spiro atoms. The molecular formula is C18H25N3O2. The number of carbonyl (C=O) groups excluding carboxylic acids is 1. The van der Waals surface area contributed by atoms with Crippen LogP contribution in [0.15, 0.2) is 36.8 Å². The van der Waals surface area contributed by atoms with E-state index in [1.807, 2.05) is 18.2 Å². The molecule has 23 heavy (non-hydrogen) atoms. The lowest BCUT2D eigenvalue weighted by Gasteiger charge is -2.23. The molecule has 1 amide bonds. The van der Waals surface area contributed by atoms with Crippen molar-refractivity contribution in [1.82, 2.24) is 14.9 Å². The van der Waals surface area contributed by atoms with Crippen LogP contribution in [-0.4, -0.2) is 33.9 Å². The van der Waals surface area contributed by atoms with Crippen molar-refractivity contribution in [2.75, 3.05) is 7.05 Å². The Morgan fingerprint density at radius 1 is 1.39 bits per heavy atom. The monoisotopic (exact) mass is 315 g/mol. The van der Waals surface area contributed by atoms with Crippen LogP contribution in [-0.2, 0) is 16.8 Å². The van der Waals surface area contributed by atoms with E-state index in [9.17, 15) is 4.79 Å². The molecule has 0 radical (unpaired) electrons. The van der Waals surface area contributed by atoms with Gasteiger partial charge in [0.25, 0.3) is 5.91 Å². The number of ether oxygens (including phenoxy) is 1. The first-order valence-electron chi connectivity index (χ1n) is 7.77. The summed E-state index contributed by atoms with van der Waals surface area (Å²) in [5, 5.41) is 0. The number of nitrogens with zero attached hydrogens (tertiary/aromatic N) is 2. The Labute approximate surface area is 137 Å². The zero-order valence-electron chi connectivity index (χ0n) is 14.5. The molecule has 1 aromatic heterocycles. The third kappa shape index (κ3) is 4.58. The van der Waals surface area contributed by atoms with Crippen molar-refractivity contribution in [2.24, 2.45) is 0 Å². The predicted octanol–water partition coefficient (Wildman–Crippen LogP) is 3.13. The second kappa shape index (κ2) is 6.86. The number of hydrogen-bond acceptors (Lipinski definition) is 3. The lowest BCUT2D eigenvalue weighted by molar-refractivity contribution is -0.137. The van der Waals surface area contributed by atoms with E-state index in [4.69, 9.17) is 4.74 Å². The second-order valence-electron chi connectivity index (χ2n) is 6.81. The number of hydrogen-bond donors (Lipinski definition) is 1. The number of H-pyrrole nitrogens is 1. The van der Waals surface area contributed by atoms with Gasteiger partial charge in [-0.15, -0.1) is 0 Å². The lowest BCUT2D eigenvalue weighted by atomic mass is 9.87. The molecule has 1 heterocycles. The van der Waals surface area contributed by atoms with E-state index >= 15 is 0 Å². The summed E-state index contributed by atoms with van der Waals surface area (Å²) in [7, 11) is 1.76. The molecule has 5 heteroatoms. The van der Waals surface area contributed by atoms with Gasteiger partial charge in [-0.05, 0) is 30.0 Å². The van der Waals surface area contributed by atoms with Crippen molar-refractivity contribution >= 4 is 5.91 Å². The van der Waals surface area contributed by atoms with Crippen molar-refractivity contribution in [3.63, 3.8) is 0 Å². The maximum Gasteiger partial charge on any atom is 0.263 e. The molecule has 0 bridgehead atoms. The van der Waals surface area contributed by atoms with Gasteiger partial charge in [-0.1, -0.05) is 32.9 Å². The fourth-order valence-electron chi connectivity index (χ4n) is 2.31. The minimum atomic E-state index is -0.543. The molecule has 1 aromatic carbocycles. The van der Waals surface area contributed by atoms with Crippen LogP contribution in [0.25, 0.3) is 0 Å². The average molecular weight is 315 g/mol. The third-order valence-corrected chi connectivity index (χ3v) is 3.70. The number of nitrogens with one attached hydrogen (secondary N) is 1. The zero-order chi connectivity index (χ0) is 17.0. The van der Waals surface area contributed by atoms with Crippen molar-refractivity contribution in [1.29, 1.82) is 0 Å². The van der Waals surface area contributed by atoms with E-state index in [0.29, 0.717) is 12.3 Å². The highest BCUT2D eigenvalue weighted by atomic mass is 16.5. The smallest absolute Gasteiger partial charge is 0.263 e. The molecule has 124 valence electrons. The maximum atomic E-state index is 12.4. The normalized spacial score (nSPS) is 12.7. The molecule has 1 atom stereocenters. The fourth-order valence-corrected chi connectivity index (χ4v) is 2.31. The molecule has 0 saturated heterocycles. The summed E-state index contributed by atoms with van der Waals surface area (Å²) >= 11 is 0. The maximum absolute atomic E-state index is 12.4. The van der Waals surface area contributed by atoms with Gasteiger partial charge in [-0.2, -0.15) is 0 Å². The van der Waals surface area contributed by atoms with Crippen LogP contribution in [0, 0.1) is 0 Å². The molecule has 0 aliphatic heterocycles. The van der Waals surface area contributed by atoms with Crippen molar-refractivity contribution in [2.45, 2.75) is 45.8 Å². The molecule has 0 aliphatic carbocycles. The summed E-state index contributed by atoms with van der Waals surface area (Å²) in [6.45, 7) is 8.71. The van der Waals surface area contributed by atoms with Crippen molar-refractivity contribution in [3.8, 4) is 5.75 Å². The van der Waals surface area contributed by atoms with Crippen LogP contribution >= 0.6 is 0 Å². The van der Waals surface area contributed by atoms with E-state index in [-0.39, 0.29) is 11.3 Å². The molecule has 0 saturated carbocycles. The number of benzene rings is 1. The topological polar surface area (TPSA) is 58.2 Å². The summed E-state index contributed by atoms with van der Waals surface area (Å²) in [5.74, 6) is 0.647. The first-order valence-corrected chi connectivity index (χ1v) is 7.77.